The minimum absolute atomic E-state index is 0.0758. The fourth-order valence-corrected chi connectivity index (χ4v) is 3.07. The van der Waals surface area contributed by atoms with Crippen molar-refractivity contribution in [3.63, 3.8) is 0 Å². The monoisotopic (exact) mass is 283 g/mol. The number of hydrogen-bond acceptors (Lipinski definition) is 3. The van der Waals surface area contributed by atoms with Crippen molar-refractivity contribution in [2.45, 2.75) is 25.1 Å². The fraction of sp³-hybridized carbons (Fsp3) is 0.308. The van der Waals surface area contributed by atoms with Gasteiger partial charge in [-0.15, -0.1) is 6.58 Å². The maximum Gasteiger partial charge on any atom is 0.335 e. The van der Waals surface area contributed by atoms with E-state index in [1.165, 1.54) is 18.2 Å². The van der Waals surface area contributed by atoms with Gasteiger partial charge in [0.1, 0.15) is 0 Å². The third-order valence-electron chi connectivity index (χ3n) is 2.43. The third kappa shape index (κ3) is 5.23. The lowest BCUT2D eigenvalue weighted by Crippen LogP contribution is -2.33. The lowest BCUT2D eigenvalue weighted by molar-refractivity contribution is 0.0696. The molecule has 0 spiro atoms. The highest BCUT2D eigenvalue weighted by atomic mass is 32.2. The Kier molecular flexibility index (Phi) is 5.26. The zero-order valence-corrected chi connectivity index (χ0v) is 11.5. The van der Waals surface area contributed by atoms with Crippen molar-refractivity contribution in [1.29, 1.82) is 0 Å². The molecule has 0 aliphatic heterocycles. The van der Waals surface area contributed by atoms with Gasteiger partial charge in [0.05, 0.1) is 11.3 Å². The molecule has 1 atom stereocenters. The molecule has 104 valence electrons. The summed E-state index contributed by atoms with van der Waals surface area (Å²) >= 11 is 0. The first-order valence-corrected chi connectivity index (χ1v) is 7.42. The van der Waals surface area contributed by atoms with Crippen LogP contribution in [0.5, 0.6) is 0 Å². The number of hydrogen-bond donors (Lipinski definition) is 2. The Balaban J connectivity index is 2.80. The van der Waals surface area contributed by atoms with Gasteiger partial charge in [-0.3, -0.25) is 0 Å². The molecule has 19 heavy (non-hydrogen) atoms. The normalized spacial score (nSPS) is 12.9. The summed E-state index contributed by atoms with van der Waals surface area (Å²) in [6, 6.07) is 5.67. The molecule has 0 aromatic heterocycles. The Labute approximate surface area is 113 Å². The fourth-order valence-electron chi connectivity index (χ4n) is 1.66. The van der Waals surface area contributed by atoms with E-state index < -0.39 is 16.0 Å². The number of nitrogens with one attached hydrogen (secondary N) is 1. The summed E-state index contributed by atoms with van der Waals surface area (Å²) in [6.07, 6.45) is 2.17. The van der Waals surface area contributed by atoms with Crippen LogP contribution in [-0.4, -0.2) is 25.5 Å². The molecule has 0 fully saturated rings. The highest BCUT2D eigenvalue weighted by molar-refractivity contribution is 7.88. The van der Waals surface area contributed by atoms with E-state index in [2.05, 4.69) is 11.3 Å². The highest BCUT2D eigenvalue weighted by Gasteiger charge is 2.15. The van der Waals surface area contributed by atoms with Gasteiger partial charge >= 0.3 is 5.97 Å². The van der Waals surface area contributed by atoms with E-state index in [9.17, 15) is 13.2 Å². The van der Waals surface area contributed by atoms with Gasteiger partial charge in [-0.1, -0.05) is 18.2 Å². The molecule has 6 heteroatoms. The quantitative estimate of drug-likeness (QED) is 0.747. The molecule has 0 heterocycles. The Morgan fingerprint density at radius 1 is 1.53 bits per heavy atom. The summed E-state index contributed by atoms with van der Waals surface area (Å²) < 4.78 is 26.3. The van der Waals surface area contributed by atoms with E-state index >= 15 is 0 Å². The van der Waals surface area contributed by atoms with Crippen molar-refractivity contribution in [3.05, 3.63) is 48.0 Å². The number of carboxylic acids is 1. The second-order valence-corrected chi connectivity index (χ2v) is 6.06. The van der Waals surface area contributed by atoms with E-state index in [0.717, 1.165) is 0 Å². The summed E-state index contributed by atoms with van der Waals surface area (Å²) in [5, 5.41) is 8.85. The Bertz CT molecular complexity index is 566. The van der Waals surface area contributed by atoms with Crippen molar-refractivity contribution < 1.29 is 18.3 Å². The topological polar surface area (TPSA) is 83.5 Å². The van der Waals surface area contributed by atoms with Crippen LogP contribution < -0.4 is 4.72 Å². The first-order valence-electron chi connectivity index (χ1n) is 5.77. The van der Waals surface area contributed by atoms with Crippen molar-refractivity contribution in [1.82, 2.24) is 4.72 Å². The van der Waals surface area contributed by atoms with Crippen LogP contribution in [0.1, 0.15) is 29.3 Å². The molecule has 5 nitrogen and oxygen atoms in total. The van der Waals surface area contributed by atoms with Crippen LogP contribution in [-0.2, 0) is 15.8 Å². The first kappa shape index (κ1) is 15.4. The van der Waals surface area contributed by atoms with Gasteiger partial charge in [0.25, 0.3) is 0 Å². The Hall–Kier alpha value is -1.66. The number of sulfonamides is 1. The van der Waals surface area contributed by atoms with E-state index in [1.807, 2.05) is 0 Å². The van der Waals surface area contributed by atoms with Crippen LogP contribution in [0.4, 0.5) is 0 Å². The van der Waals surface area contributed by atoms with E-state index in [0.29, 0.717) is 12.0 Å². The molecule has 0 saturated heterocycles. The number of aromatic carboxylic acids is 1. The van der Waals surface area contributed by atoms with Gasteiger partial charge in [-0.25, -0.2) is 17.9 Å². The lowest BCUT2D eigenvalue weighted by atomic mass is 10.1. The van der Waals surface area contributed by atoms with Gasteiger partial charge in [0, 0.05) is 6.04 Å². The molecule has 0 radical (unpaired) electrons. The lowest BCUT2D eigenvalue weighted by Gasteiger charge is -2.12. The number of benzene rings is 1. The molecule has 0 saturated carbocycles. The molecule has 1 aromatic rings. The molecule has 0 aliphatic carbocycles. The molecule has 0 bridgehead atoms. The smallest absolute Gasteiger partial charge is 0.335 e. The van der Waals surface area contributed by atoms with Gasteiger partial charge in [0.2, 0.25) is 10.0 Å². The second kappa shape index (κ2) is 6.49. The summed E-state index contributed by atoms with van der Waals surface area (Å²) in [5.74, 6) is -1.32. The molecular formula is C13H17NO4S. The molecule has 1 unspecified atom stereocenters. The first-order chi connectivity index (χ1) is 8.84. The van der Waals surface area contributed by atoms with Crippen LogP contribution in [0, 0.1) is 0 Å². The average molecular weight is 283 g/mol. The maximum absolute atomic E-state index is 11.9. The predicted octanol–water partition coefficient (Wildman–Crippen LogP) is 1.77. The van der Waals surface area contributed by atoms with Crippen molar-refractivity contribution in [2.24, 2.45) is 0 Å². The molecule has 1 aromatic carbocycles. The van der Waals surface area contributed by atoms with E-state index in [1.54, 1.807) is 19.1 Å². The maximum atomic E-state index is 11.9. The van der Waals surface area contributed by atoms with Gasteiger partial charge < -0.3 is 5.11 Å². The highest BCUT2D eigenvalue weighted by Crippen LogP contribution is 2.09. The molecule has 0 amide bonds. The third-order valence-corrected chi connectivity index (χ3v) is 3.91. The standard InChI is InChI=1S/C13H17NO4S/c1-3-5-10(2)14-19(17,18)9-11-6-4-7-12(8-11)13(15)16/h3-4,6-8,10,14H,1,5,9H2,2H3,(H,15,16). The minimum atomic E-state index is -3.49. The van der Waals surface area contributed by atoms with Crippen LogP contribution in [0.25, 0.3) is 0 Å². The zero-order valence-electron chi connectivity index (χ0n) is 10.7. The van der Waals surface area contributed by atoms with Crippen LogP contribution >= 0.6 is 0 Å². The molecule has 1 rings (SSSR count). The van der Waals surface area contributed by atoms with Crippen molar-refractivity contribution >= 4 is 16.0 Å². The summed E-state index contributed by atoms with van der Waals surface area (Å²) in [6.45, 7) is 5.29. The van der Waals surface area contributed by atoms with E-state index in [-0.39, 0.29) is 17.4 Å². The van der Waals surface area contributed by atoms with Crippen molar-refractivity contribution in [2.75, 3.05) is 0 Å². The largest absolute Gasteiger partial charge is 0.478 e. The minimum Gasteiger partial charge on any atom is -0.478 e. The number of rotatable bonds is 7. The Morgan fingerprint density at radius 3 is 2.79 bits per heavy atom. The second-order valence-electron chi connectivity index (χ2n) is 4.31. The molecular weight excluding hydrogens is 266 g/mol. The molecule has 0 aliphatic rings. The zero-order chi connectivity index (χ0) is 14.5. The average Bonchev–Trinajstić information content (AvgIpc) is 2.27. The molecule has 2 N–H and O–H groups in total. The van der Waals surface area contributed by atoms with Crippen LogP contribution in [0.15, 0.2) is 36.9 Å². The Morgan fingerprint density at radius 2 is 2.21 bits per heavy atom. The number of carboxylic acid groups (broad SMARTS) is 1. The van der Waals surface area contributed by atoms with E-state index in [4.69, 9.17) is 5.11 Å². The van der Waals surface area contributed by atoms with Crippen LogP contribution in [0.3, 0.4) is 0 Å². The van der Waals surface area contributed by atoms with Crippen molar-refractivity contribution in [3.8, 4) is 0 Å². The predicted molar refractivity (Wildman–Crippen MR) is 73.4 cm³/mol. The van der Waals surface area contributed by atoms with Crippen LogP contribution in [0.2, 0.25) is 0 Å². The summed E-state index contributed by atoms with van der Waals surface area (Å²) in [7, 11) is -3.49. The number of carbonyl (C=O) groups is 1. The van der Waals surface area contributed by atoms with Gasteiger partial charge in [0.15, 0.2) is 0 Å². The SMILES string of the molecule is C=CCC(C)NS(=O)(=O)Cc1cccc(C(=O)O)c1. The summed E-state index contributed by atoms with van der Waals surface area (Å²) in [4.78, 5) is 10.8. The van der Waals surface area contributed by atoms with Gasteiger partial charge in [-0.2, -0.15) is 0 Å². The summed E-state index contributed by atoms with van der Waals surface area (Å²) in [5.41, 5.74) is 0.519. The van der Waals surface area contributed by atoms with Gasteiger partial charge in [-0.05, 0) is 31.0 Å².